The fourth-order valence-corrected chi connectivity index (χ4v) is 6.65. The molecule has 0 aliphatic carbocycles. The van der Waals surface area contributed by atoms with Gasteiger partial charge in [0.2, 0.25) is 5.91 Å². The Morgan fingerprint density at radius 1 is 0.662 bits per heavy atom. The number of esters is 1. The Hall–Kier alpha value is -6.03. The zero-order valence-electron chi connectivity index (χ0n) is 44.0. The minimum Gasteiger partial charge on any atom is -0.494 e. The molecular weight excluding hydrogens is 849 g/mol. The number of nitrogens with one attached hydrogen (secondary N) is 1. The highest BCUT2D eigenvalue weighted by atomic mass is 16.5. The molecule has 68 heavy (non-hydrogen) atoms. The second kappa shape index (κ2) is 40.1. The first-order valence-corrected chi connectivity index (χ1v) is 25.4. The van der Waals surface area contributed by atoms with Gasteiger partial charge < -0.3 is 24.4 Å². The standard InChI is InChI=1S/C40H46N4O6.C8H10.5C2H6.H2/c1-3-4-5-6-10-23-49-35-19-17-31(18-20-35)34-25-41-37(42-26-34)32-15-13-29(14-16-32)24-36(38(45)44-22-21-33(27-44)39(46)48-2)43-40(47)50-28-30-11-8-7-9-12-30;1-2-8-6-4-3-5-7-8;5*1-2;/h7-9,11-20,25-26,33,36H,3-6,10,21-24,27-28H2,1-2H3,(H,43,47);3-7H,2H2,1H3;5*1-2H3;1H/t33-,36-;;;;;;;/m0......./s1. The maximum absolute atomic E-state index is 13.6. The maximum Gasteiger partial charge on any atom is 0.408 e. The summed E-state index contributed by atoms with van der Waals surface area (Å²) in [6.07, 6.45) is 10.8. The van der Waals surface area contributed by atoms with Crippen molar-refractivity contribution < 1.29 is 30.0 Å². The SMILES string of the molecule is CC.CC.CC.CC.CC.CCCCCCCOc1ccc(-c2cnc(-c3ccc(C[C@H](NC(=O)OCc4ccccc4)C(=O)N4CC[C@H](C(=O)OC)C4)cc3)nc2)cc1.CCc1ccccc1.[HH]. The van der Waals surface area contributed by atoms with Crippen LogP contribution >= 0.6 is 0 Å². The van der Waals surface area contributed by atoms with Gasteiger partial charge in [-0.2, -0.15) is 0 Å². The van der Waals surface area contributed by atoms with Crippen molar-refractivity contribution in [3.8, 4) is 28.3 Å². The lowest BCUT2D eigenvalue weighted by Gasteiger charge is -2.24. The van der Waals surface area contributed by atoms with E-state index in [1.165, 1.54) is 38.4 Å². The van der Waals surface area contributed by atoms with Crippen molar-refractivity contribution >= 4 is 18.0 Å². The quantitative estimate of drug-likeness (QED) is 0.0723. The zero-order chi connectivity index (χ0) is 51.0. The van der Waals surface area contributed by atoms with Crippen LogP contribution in [0, 0.1) is 5.92 Å². The number of carbonyl (C=O) groups excluding carboxylic acids is 3. The van der Waals surface area contributed by atoms with E-state index in [4.69, 9.17) is 14.2 Å². The number of methoxy groups -OCH3 is 1. The van der Waals surface area contributed by atoms with Crippen molar-refractivity contribution in [2.24, 2.45) is 5.92 Å². The molecule has 1 aliphatic heterocycles. The first-order chi connectivity index (χ1) is 33.4. The molecule has 2 amide bonds. The molecule has 4 aromatic carbocycles. The third-order valence-corrected chi connectivity index (χ3v) is 10.1. The highest BCUT2D eigenvalue weighted by Crippen LogP contribution is 2.24. The van der Waals surface area contributed by atoms with E-state index >= 15 is 0 Å². The predicted molar refractivity (Wildman–Crippen MR) is 286 cm³/mol. The number of rotatable bonds is 17. The number of hydrogen-bond donors (Lipinski definition) is 1. The van der Waals surface area contributed by atoms with Gasteiger partial charge in [-0.1, -0.05) is 206 Å². The third kappa shape index (κ3) is 23.6. The number of aromatic nitrogens is 2. The van der Waals surface area contributed by atoms with E-state index in [1.54, 1.807) is 17.3 Å². The Bertz CT molecular complexity index is 1980. The Morgan fingerprint density at radius 2 is 1.21 bits per heavy atom. The van der Waals surface area contributed by atoms with Gasteiger partial charge in [0.25, 0.3) is 0 Å². The number of alkyl carbamates (subject to hydrolysis) is 1. The van der Waals surface area contributed by atoms with Crippen molar-refractivity contribution in [1.29, 1.82) is 0 Å². The van der Waals surface area contributed by atoms with E-state index in [0.29, 0.717) is 18.8 Å². The van der Waals surface area contributed by atoms with Crippen LogP contribution in [0.2, 0.25) is 0 Å². The molecule has 0 unspecified atom stereocenters. The molecule has 1 aromatic heterocycles. The van der Waals surface area contributed by atoms with E-state index in [9.17, 15) is 14.4 Å². The molecule has 1 saturated heterocycles. The van der Waals surface area contributed by atoms with Crippen molar-refractivity contribution in [1.82, 2.24) is 20.2 Å². The number of benzene rings is 4. The van der Waals surface area contributed by atoms with Crippen LogP contribution in [0.5, 0.6) is 5.75 Å². The van der Waals surface area contributed by atoms with E-state index in [0.717, 1.165) is 53.0 Å². The van der Waals surface area contributed by atoms with Crippen LogP contribution in [0.4, 0.5) is 4.79 Å². The summed E-state index contributed by atoms with van der Waals surface area (Å²) >= 11 is 0. The van der Waals surface area contributed by atoms with Crippen LogP contribution < -0.4 is 10.1 Å². The second-order valence-corrected chi connectivity index (χ2v) is 14.4. The number of aryl methyl sites for hydroxylation is 1. The molecule has 1 aliphatic rings. The monoisotopic (exact) mass is 937 g/mol. The summed E-state index contributed by atoms with van der Waals surface area (Å²) in [4.78, 5) is 49.4. The molecule has 5 aromatic rings. The Labute approximate surface area is 413 Å². The molecular formula is C58H88N4O6. The number of amides is 2. The first-order valence-electron chi connectivity index (χ1n) is 25.4. The van der Waals surface area contributed by atoms with Gasteiger partial charge in [0.1, 0.15) is 18.4 Å². The predicted octanol–water partition coefficient (Wildman–Crippen LogP) is 14.6. The Kier molecular flexibility index (Phi) is 36.5. The largest absolute Gasteiger partial charge is 0.494 e. The van der Waals surface area contributed by atoms with Crippen LogP contribution in [0.15, 0.2) is 122 Å². The van der Waals surface area contributed by atoms with Crippen LogP contribution in [0.3, 0.4) is 0 Å². The molecule has 6 rings (SSSR count). The van der Waals surface area contributed by atoms with E-state index in [2.05, 4.69) is 53.4 Å². The van der Waals surface area contributed by atoms with Crippen LogP contribution in [0.1, 0.15) is 140 Å². The third-order valence-electron chi connectivity index (χ3n) is 10.1. The average Bonchev–Trinajstić information content (AvgIpc) is 3.93. The molecule has 10 nitrogen and oxygen atoms in total. The second-order valence-electron chi connectivity index (χ2n) is 14.4. The molecule has 2 heterocycles. The zero-order valence-corrected chi connectivity index (χ0v) is 44.0. The molecule has 2 atom stereocenters. The summed E-state index contributed by atoms with van der Waals surface area (Å²) < 4.78 is 16.2. The number of ether oxygens (including phenoxy) is 3. The van der Waals surface area contributed by atoms with Crippen LogP contribution in [-0.2, 0) is 38.5 Å². The Morgan fingerprint density at radius 3 is 1.74 bits per heavy atom. The number of hydrogen-bond acceptors (Lipinski definition) is 8. The average molecular weight is 937 g/mol. The summed E-state index contributed by atoms with van der Waals surface area (Å²) in [7, 11) is 1.34. The van der Waals surface area contributed by atoms with Gasteiger partial charge >= 0.3 is 12.1 Å². The highest BCUT2D eigenvalue weighted by Gasteiger charge is 2.35. The number of nitrogens with zero attached hydrogens (tertiary/aromatic N) is 3. The van der Waals surface area contributed by atoms with Crippen LogP contribution in [-0.4, -0.2) is 65.7 Å². The minimum absolute atomic E-state index is 0. The van der Waals surface area contributed by atoms with Gasteiger partial charge in [-0.15, -0.1) is 0 Å². The van der Waals surface area contributed by atoms with Gasteiger partial charge in [-0.3, -0.25) is 9.59 Å². The van der Waals surface area contributed by atoms with Gasteiger partial charge in [0, 0.05) is 44.5 Å². The topological polar surface area (TPSA) is 120 Å². The van der Waals surface area contributed by atoms with E-state index < -0.39 is 12.1 Å². The molecule has 1 fully saturated rings. The summed E-state index contributed by atoms with van der Waals surface area (Å²) in [5, 5.41) is 2.76. The molecule has 0 saturated carbocycles. The summed E-state index contributed by atoms with van der Waals surface area (Å²) in [5.74, 6) is 0.422. The smallest absolute Gasteiger partial charge is 0.408 e. The molecule has 1 N–H and O–H groups in total. The lowest BCUT2D eigenvalue weighted by molar-refractivity contribution is -0.145. The molecule has 0 bridgehead atoms. The van der Waals surface area contributed by atoms with Gasteiger partial charge in [0.15, 0.2) is 5.82 Å². The fourth-order valence-electron chi connectivity index (χ4n) is 6.65. The fraction of sp³-hybridized carbons (Fsp3) is 0.466. The number of unbranched alkanes of at least 4 members (excludes halogenated alkanes) is 4. The number of likely N-dealkylation sites (tertiary alicyclic amines) is 1. The molecule has 0 spiro atoms. The lowest BCUT2D eigenvalue weighted by atomic mass is 10.0. The molecule has 0 radical (unpaired) electrons. The number of carbonyl (C=O) groups is 3. The van der Waals surface area contributed by atoms with Crippen LogP contribution in [0.25, 0.3) is 22.5 Å². The van der Waals surface area contributed by atoms with Crippen molar-refractivity contribution in [3.05, 3.63) is 138 Å². The van der Waals surface area contributed by atoms with Gasteiger partial charge in [0.05, 0.1) is 19.6 Å². The summed E-state index contributed by atoms with van der Waals surface area (Å²) in [6, 6.07) is 34.5. The lowest BCUT2D eigenvalue weighted by Crippen LogP contribution is -2.49. The van der Waals surface area contributed by atoms with Gasteiger partial charge in [-0.05, 0) is 53.6 Å². The first kappa shape index (κ1) is 62.0. The Balaban J connectivity index is 0. The maximum atomic E-state index is 13.6. The van der Waals surface area contributed by atoms with Crippen molar-refractivity contribution in [2.45, 2.75) is 147 Å². The molecule has 10 heteroatoms. The van der Waals surface area contributed by atoms with Crippen molar-refractivity contribution in [3.63, 3.8) is 0 Å². The summed E-state index contributed by atoms with van der Waals surface area (Å²) in [5.41, 5.74) is 5.80. The van der Waals surface area contributed by atoms with Crippen molar-refractivity contribution in [2.75, 3.05) is 26.8 Å². The normalized spacial score (nSPS) is 12.2. The minimum atomic E-state index is -0.890. The molecule has 376 valence electrons. The van der Waals surface area contributed by atoms with E-state index in [-0.39, 0.29) is 38.8 Å². The highest BCUT2D eigenvalue weighted by molar-refractivity contribution is 5.87. The van der Waals surface area contributed by atoms with Gasteiger partial charge in [-0.25, -0.2) is 14.8 Å². The van der Waals surface area contributed by atoms with E-state index in [1.807, 2.05) is 154 Å². The summed E-state index contributed by atoms with van der Waals surface area (Å²) in [6.45, 7) is 25.8.